The lowest BCUT2D eigenvalue weighted by Gasteiger charge is -2.35. The molecule has 16 heteroatoms. The minimum absolute atomic E-state index is 0.00934. The van der Waals surface area contributed by atoms with E-state index in [0.29, 0.717) is 62.2 Å². The molecule has 240 valence electrons. The number of carboxylic acid groups (broad SMARTS) is 1. The molecule has 3 N–H and O–H groups in total. The molecule has 5 heterocycles. The number of hydrogen-bond donors (Lipinski definition) is 2. The maximum Gasteiger partial charge on any atom is 0.490 e. The van der Waals surface area contributed by atoms with Gasteiger partial charge in [-0.05, 0) is 30.7 Å². The minimum Gasteiger partial charge on any atom is -0.475 e. The SMILES string of the molecule is NC1CCN(c2c(F)cc3c(=O)c(C(=O)N4CCN(c5ncccn5)CC4)cn4c3c2Oc2ccccc2-4)C1.O=C(O)C(F)(F)F. The highest BCUT2D eigenvalue weighted by molar-refractivity contribution is 6.01. The van der Waals surface area contributed by atoms with Gasteiger partial charge in [-0.15, -0.1) is 0 Å². The van der Waals surface area contributed by atoms with E-state index in [0.717, 1.165) is 6.42 Å². The molecule has 12 nitrogen and oxygen atoms in total. The molecule has 3 aliphatic heterocycles. The Balaban J connectivity index is 0.000000480. The molecular weight excluding hydrogens is 614 g/mol. The summed E-state index contributed by atoms with van der Waals surface area (Å²) in [6.07, 6.45) is 0.582. The molecule has 7 rings (SSSR count). The standard InChI is InChI=1S/C28H26FN7O3.C2HF3O2/c29-20-14-18-23-26(24(20)35-9-6-17(30)15-35)39-22-5-2-1-4-21(22)36(23)16-19(25(18)37)27(38)33-10-12-34(13-11-33)28-31-7-3-8-32-28;3-2(4,5)1(6)7/h1-5,7-8,14,16-17H,6,9-13,15,30H2;(H,6,7). The molecule has 2 fully saturated rings. The number of hydrogen-bond acceptors (Lipinski definition) is 9. The number of rotatable bonds is 3. The summed E-state index contributed by atoms with van der Waals surface area (Å²) in [6, 6.07) is 10.2. The third-order valence-corrected chi connectivity index (χ3v) is 7.92. The van der Waals surface area contributed by atoms with Gasteiger partial charge in [0.15, 0.2) is 17.3 Å². The largest absolute Gasteiger partial charge is 0.490 e. The topological polar surface area (TPSA) is 147 Å². The van der Waals surface area contributed by atoms with Crippen LogP contribution in [0.15, 0.2) is 59.8 Å². The van der Waals surface area contributed by atoms with E-state index in [1.165, 1.54) is 6.07 Å². The molecule has 0 bridgehead atoms. The molecule has 1 unspecified atom stereocenters. The number of carbonyl (C=O) groups is 2. The van der Waals surface area contributed by atoms with Gasteiger partial charge in [-0.1, -0.05) is 12.1 Å². The molecule has 0 saturated carbocycles. The van der Waals surface area contributed by atoms with Gasteiger partial charge in [-0.3, -0.25) is 9.59 Å². The van der Waals surface area contributed by atoms with Crippen molar-refractivity contribution in [3.8, 4) is 17.2 Å². The first-order chi connectivity index (χ1) is 21.9. The van der Waals surface area contributed by atoms with Crippen LogP contribution < -0.4 is 25.7 Å². The van der Waals surface area contributed by atoms with Crippen LogP contribution in [0.4, 0.5) is 29.2 Å². The quantitative estimate of drug-likeness (QED) is 0.282. The van der Waals surface area contributed by atoms with Crippen molar-refractivity contribution in [1.29, 1.82) is 0 Å². The fourth-order valence-corrected chi connectivity index (χ4v) is 5.73. The number of aliphatic carboxylic acids is 1. The maximum absolute atomic E-state index is 15.7. The number of ether oxygens (including phenoxy) is 1. The molecule has 3 aliphatic rings. The minimum atomic E-state index is -5.08. The predicted molar refractivity (Wildman–Crippen MR) is 158 cm³/mol. The molecule has 0 aliphatic carbocycles. The van der Waals surface area contributed by atoms with Crippen molar-refractivity contribution in [2.24, 2.45) is 5.73 Å². The summed E-state index contributed by atoms with van der Waals surface area (Å²) in [7, 11) is 0. The van der Waals surface area contributed by atoms with Crippen LogP contribution in [-0.2, 0) is 4.79 Å². The maximum atomic E-state index is 15.7. The van der Waals surface area contributed by atoms with Gasteiger partial charge in [0.05, 0.1) is 11.1 Å². The van der Waals surface area contributed by atoms with Crippen LogP contribution in [0.3, 0.4) is 0 Å². The van der Waals surface area contributed by atoms with Crippen LogP contribution in [0, 0.1) is 5.82 Å². The highest BCUT2D eigenvalue weighted by Gasteiger charge is 2.38. The van der Waals surface area contributed by atoms with Gasteiger partial charge in [-0.2, -0.15) is 13.2 Å². The molecule has 0 radical (unpaired) electrons. The first kappa shape index (κ1) is 30.8. The first-order valence-corrected chi connectivity index (χ1v) is 14.2. The number of halogens is 4. The van der Waals surface area contributed by atoms with E-state index < -0.39 is 23.4 Å². The fourth-order valence-electron chi connectivity index (χ4n) is 5.73. The van der Waals surface area contributed by atoms with Crippen molar-refractivity contribution in [3.05, 3.63) is 76.6 Å². The van der Waals surface area contributed by atoms with Gasteiger partial charge < -0.3 is 34.8 Å². The molecule has 2 saturated heterocycles. The fraction of sp³-hybridized carbons (Fsp3) is 0.300. The zero-order valence-corrected chi connectivity index (χ0v) is 24.1. The molecule has 1 amide bonds. The zero-order valence-electron chi connectivity index (χ0n) is 24.1. The number of nitrogens with two attached hydrogens (primary N) is 1. The van der Waals surface area contributed by atoms with Gasteiger partial charge >= 0.3 is 12.1 Å². The molecule has 0 spiro atoms. The lowest BCUT2D eigenvalue weighted by Crippen LogP contribution is -2.50. The lowest BCUT2D eigenvalue weighted by atomic mass is 10.0. The number of para-hydroxylation sites is 2. The summed E-state index contributed by atoms with van der Waals surface area (Å²) < 4.78 is 55.5. The van der Waals surface area contributed by atoms with E-state index in [1.54, 1.807) is 40.2 Å². The third kappa shape index (κ3) is 5.66. The van der Waals surface area contributed by atoms with E-state index in [-0.39, 0.29) is 34.3 Å². The van der Waals surface area contributed by atoms with Crippen molar-refractivity contribution in [1.82, 2.24) is 19.4 Å². The predicted octanol–water partition coefficient (Wildman–Crippen LogP) is 3.16. The number of alkyl halides is 3. The second-order valence-electron chi connectivity index (χ2n) is 10.9. The Bertz CT molecular complexity index is 1880. The molecule has 46 heavy (non-hydrogen) atoms. The number of pyridine rings is 1. The highest BCUT2D eigenvalue weighted by atomic mass is 19.4. The normalized spacial score (nSPS) is 17.2. The van der Waals surface area contributed by atoms with E-state index >= 15 is 4.39 Å². The van der Waals surface area contributed by atoms with Crippen LogP contribution in [0.5, 0.6) is 11.5 Å². The number of benzene rings is 2. The Morgan fingerprint density at radius 2 is 1.67 bits per heavy atom. The summed E-state index contributed by atoms with van der Waals surface area (Å²) in [5.41, 5.74) is 6.99. The smallest absolute Gasteiger partial charge is 0.475 e. The molecule has 2 aromatic carbocycles. The summed E-state index contributed by atoms with van der Waals surface area (Å²) in [6.45, 7) is 2.95. The Morgan fingerprint density at radius 3 is 2.30 bits per heavy atom. The van der Waals surface area contributed by atoms with Crippen LogP contribution in [0.1, 0.15) is 16.8 Å². The number of carbonyl (C=O) groups excluding carboxylic acids is 1. The lowest BCUT2D eigenvalue weighted by molar-refractivity contribution is -0.192. The number of carboxylic acids is 1. The number of fused-ring (bicyclic) bond motifs is 2. The Labute approximate surface area is 258 Å². The van der Waals surface area contributed by atoms with Crippen LogP contribution in [0.25, 0.3) is 16.6 Å². The van der Waals surface area contributed by atoms with Gasteiger partial charge in [0.2, 0.25) is 11.4 Å². The summed E-state index contributed by atoms with van der Waals surface area (Å²) >= 11 is 0. The average Bonchev–Trinajstić information content (AvgIpc) is 3.47. The van der Waals surface area contributed by atoms with Crippen molar-refractivity contribution >= 4 is 34.4 Å². The molecule has 4 aromatic rings. The van der Waals surface area contributed by atoms with Crippen molar-refractivity contribution in [2.75, 3.05) is 49.1 Å². The first-order valence-electron chi connectivity index (χ1n) is 14.2. The van der Waals surface area contributed by atoms with Crippen molar-refractivity contribution in [2.45, 2.75) is 18.6 Å². The molecular formula is C30H27F4N7O5. The van der Waals surface area contributed by atoms with Crippen LogP contribution in [-0.4, -0.2) is 87.9 Å². The van der Waals surface area contributed by atoms with E-state index in [4.69, 9.17) is 20.4 Å². The number of anilines is 2. The summed E-state index contributed by atoms with van der Waals surface area (Å²) in [5.74, 6) is -2.33. The average molecular weight is 642 g/mol. The second kappa shape index (κ2) is 11.9. The number of amides is 1. The third-order valence-electron chi connectivity index (χ3n) is 7.92. The second-order valence-corrected chi connectivity index (χ2v) is 10.9. The van der Waals surface area contributed by atoms with E-state index in [1.807, 2.05) is 28.0 Å². The zero-order chi connectivity index (χ0) is 32.7. The number of nitrogens with zero attached hydrogens (tertiary/aromatic N) is 6. The summed E-state index contributed by atoms with van der Waals surface area (Å²) in [4.78, 5) is 50.4. The Kier molecular flexibility index (Phi) is 7.97. The van der Waals surface area contributed by atoms with Gasteiger partial charge in [0.1, 0.15) is 16.8 Å². The summed E-state index contributed by atoms with van der Waals surface area (Å²) in [5, 5.41) is 7.23. The van der Waals surface area contributed by atoms with E-state index in [2.05, 4.69) is 9.97 Å². The molecule has 1 atom stereocenters. The van der Waals surface area contributed by atoms with Crippen molar-refractivity contribution < 1.29 is 37.0 Å². The number of piperazine rings is 1. The van der Waals surface area contributed by atoms with Gasteiger partial charge in [0.25, 0.3) is 5.91 Å². The van der Waals surface area contributed by atoms with Gasteiger partial charge in [-0.25, -0.2) is 19.2 Å². The Morgan fingerprint density at radius 1 is 1.00 bits per heavy atom. The van der Waals surface area contributed by atoms with E-state index in [9.17, 15) is 22.8 Å². The van der Waals surface area contributed by atoms with Crippen molar-refractivity contribution in [3.63, 3.8) is 0 Å². The monoisotopic (exact) mass is 641 g/mol. The molecule has 2 aromatic heterocycles. The highest BCUT2D eigenvalue weighted by Crippen LogP contribution is 2.47. The van der Waals surface area contributed by atoms with Gasteiger partial charge in [0, 0.05) is 63.9 Å². The van der Waals surface area contributed by atoms with Crippen LogP contribution in [0.2, 0.25) is 0 Å². The van der Waals surface area contributed by atoms with Crippen LogP contribution >= 0.6 is 0 Å². The number of aromatic nitrogens is 3. The Hall–Kier alpha value is -5.25.